The molecule has 1 atom stereocenters. The number of nitrogens with zero attached hydrogens (tertiary/aromatic N) is 1. The van der Waals surface area contributed by atoms with E-state index in [0.29, 0.717) is 5.89 Å². The first-order valence-electron chi connectivity index (χ1n) is 5.88. The lowest BCUT2D eigenvalue weighted by molar-refractivity contribution is 0.188. The molecule has 1 aliphatic carbocycles. The Hall–Kier alpha value is -1.39. The molecule has 1 heterocycles. The molecule has 0 saturated heterocycles. The van der Waals surface area contributed by atoms with Crippen LogP contribution in [0.15, 0.2) is 22.6 Å². The summed E-state index contributed by atoms with van der Waals surface area (Å²) in [6.45, 7) is 1.99. The lowest BCUT2D eigenvalue weighted by Gasteiger charge is -2.21. The van der Waals surface area contributed by atoms with E-state index in [1.165, 1.54) is 0 Å². The van der Waals surface area contributed by atoms with Gasteiger partial charge in [0.05, 0.1) is 6.61 Å². The van der Waals surface area contributed by atoms with Gasteiger partial charge in [-0.3, -0.25) is 0 Å². The van der Waals surface area contributed by atoms with Crippen LogP contribution in [-0.4, -0.2) is 16.7 Å². The Kier molecular flexibility index (Phi) is 2.24. The third kappa shape index (κ3) is 1.64. The van der Waals surface area contributed by atoms with Gasteiger partial charge in [0, 0.05) is 18.4 Å². The molecule has 4 heteroatoms. The standard InChI is InChI=1S/C13H16N2O2/c1-8-15-10-6-9(2-3-11(10)17-8)12(14)13(7-16)4-5-13/h2-3,6,12,16H,4-5,7,14H2,1H3. The van der Waals surface area contributed by atoms with Gasteiger partial charge in [-0.15, -0.1) is 0 Å². The first-order chi connectivity index (χ1) is 8.14. The van der Waals surface area contributed by atoms with Gasteiger partial charge in [0.15, 0.2) is 11.5 Å². The van der Waals surface area contributed by atoms with Crippen LogP contribution in [0.1, 0.15) is 30.3 Å². The second-order valence-corrected chi connectivity index (χ2v) is 4.96. The molecule has 4 nitrogen and oxygen atoms in total. The van der Waals surface area contributed by atoms with Crippen molar-refractivity contribution in [3.05, 3.63) is 29.7 Å². The van der Waals surface area contributed by atoms with Crippen molar-refractivity contribution in [1.82, 2.24) is 4.98 Å². The van der Waals surface area contributed by atoms with Gasteiger partial charge in [0.25, 0.3) is 0 Å². The number of aliphatic hydroxyl groups excluding tert-OH is 1. The number of hydrogen-bond donors (Lipinski definition) is 2. The molecule has 3 rings (SSSR count). The number of aromatic nitrogens is 1. The first kappa shape index (κ1) is 10.7. The van der Waals surface area contributed by atoms with Crippen LogP contribution in [0, 0.1) is 12.3 Å². The Balaban J connectivity index is 2.00. The van der Waals surface area contributed by atoms with E-state index in [4.69, 9.17) is 10.2 Å². The van der Waals surface area contributed by atoms with Gasteiger partial charge in [0.2, 0.25) is 0 Å². The molecule has 0 bridgehead atoms. The fraction of sp³-hybridized carbons (Fsp3) is 0.462. The van der Waals surface area contributed by atoms with Crippen LogP contribution in [0.2, 0.25) is 0 Å². The van der Waals surface area contributed by atoms with E-state index in [1.807, 2.05) is 25.1 Å². The third-order valence-electron chi connectivity index (χ3n) is 3.74. The summed E-state index contributed by atoms with van der Waals surface area (Å²) >= 11 is 0. The molecule has 0 aliphatic heterocycles. The van der Waals surface area contributed by atoms with Crippen molar-refractivity contribution in [3.8, 4) is 0 Å². The number of oxazole rings is 1. The monoisotopic (exact) mass is 232 g/mol. The maximum atomic E-state index is 9.39. The van der Waals surface area contributed by atoms with E-state index in [9.17, 15) is 5.11 Å². The Morgan fingerprint density at radius 2 is 2.29 bits per heavy atom. The highest BCUT2D eigenvalue weighted by atomic mass is 16.3. The number of fused-ring (bicyclic) bond motifs is 1. The van der Waals surface area contributed by atoms with E-state index in [1.54, 1.807) is 0 Å². The minimum Gasteiger partial charge on any atom is -0.441 e. The Morgan fingerprint density at radius 1 is 1.53 bits per heavy atom. The molecule has 3 N–H and O–H groups in total. The van der Waals surface area contributed by atoms with E-state index in [2.05, 4.69) is 4.98 Å². The topological polar surface area (TPSA) is 72.3 Å². The molecule has 0 radical (unpaired) electrons. The fourth-order valence-corrected chi connectivity index (χ4v) is 2.33. The average Bonchev–Trinajstić information content (AvgIpc) is 3.03. The summed E-state index contributed by atoms with van der Waals surface area (Å²) in [6, 6.07) is 5.71. The molecule has 17 heavy (non-hydrogen) atoms. The zero-order valence-corrected chi connectivity index (χ0v) is 9.81. The Bertz CT molecular complexity index is 558. The van der Waals surface area contributed by atoms with Crippen LogP contribution in [0.4, 0.5) is 0 Å². The van der Waals surface area contributed by atoms with Crippen molar-refractivity contribution in [3.63, 3.8) is 0 Å². The van der Waals surface area contributed by atoms with Crippen molar-refractivity contribution in [1.29, 1.82) is 0 Å². The third-order valence-corrected chi connectivity index (χ3v) is 3.74. The minimum atomic E-state index is -0.117. The molecular weight excluding hydrogens is 216 g/mol. The highest BCUT2D eigenvalue weighted by Crippen LogP contribution is 2.53. The van der Waals surface area contributed by atoms with E-state index >= 15 is 0 Å². The highest BCUT2D eigenvalue weighted by molar-refractivity contribution is 5.73. The summed E-state index contributed by atoms with van der Waals surface area (Å²) in [6.07, 6.45) is 2.00. The number of aryl methyl sites for hydroxylation is 1. The lowest BCUT2D eigenvalue weighted by Crippen LogP contribution is -2.25. The second kappa shape index (κ2) is 3.55. The van der Waals surface area contributed by atoms with Crippen LogP contribution >= 0.6 is 0 Å². The Labute approximate surface area is 99.4 Å². The highest BCUT2D eigenvalue weighted by Gasteiger charge is 2.47. The molecular formula is C13H16N2O2. The molecule has 90 valence electrons. The number of nitrogens with two attached hydrogens (primary N) is 1. The SMILES string of the molecule is Cc1nc2cc(C(N)C3(CO)CC3)ccc2o1. The minimum absolute atomic E-state index is 0.105. The van der Waals surface area contributed by atoms with Gasteiger partial charge in [-0.2, -0.15) is 0 Å². The van der Waals surface area contributed by atoms with Crippen LogP contribution in [0.3, 0.4) is 0 Å². The summed E-state index contributed by atoms with van der Waals surface area (Å²) < 4.78 is 5.43. The fourth-order valence-electron chi connectivity index (χ4n) is 2.33. The van der Waals surface area contributed by atoms with Crippen LogP contribution in [0.5, 0.6) is 0 Å². The summed E-state index contributed by atoms with van der Waals surface area (Å²) in [5.41, 5.74) is 8.77. The van der Waals surface area contributed by atoms with Gasteiger partial charge < -0.3 is 15.3 Å². The van der Waals surface area contributed by atoms with E-state index in [0.717, 1.165) is 29.5 Å². The summed E-state index contributed by atoms with van der Waals surface area (Å²) in [4.78, 5) is 4.30. The second-order valence-electron chi connectivity index (χ2n) is 4.96. The normalized spacial score (nSPS) is 19.5. The van der Waals surface area contributed by atoms with E-state index < -0.39 is 0 Å². The molecule has 1 saturated carbocycles. The smallest absolute Gasteiger partial charge is 0.192 e. The van der Waals surface area contributed by atoms with Gasteiger partial charge in [-0.1, -0.05) is 6.07 Å². The number of hydrogen-bond acceptors (Lipinski definition) is 4. The zero-order valence-electron chi connectivity index (χ0n) is 9.81. The van der Waals surface area contributed by atoms with Crippen molar-refractivity contribution >= 4 is 11.1 Å². The molecule has 0 amide bonds. The molecule has 1 aromatic carbocycles. The van der Waals surface area contributed by atoms with Gasteiger partial charge in [-0.25, -0.2) is 4.98 Å². The first-order valence-corrected chi connectivity index (χ1v) is 5.88. The number of benzene rings is 1. The molecule has 2 aromatic rings. The lowest BCUT2D eigenvalue weighted by atomic mass is 9.91. The van der Waals surface area contributed by atoms with Crippen molar-refractivity contribution in [2.24, 2.45) is 11.1 Å². The predicted molar refractivity (Wildman–Crippen MR) is 64.4 cm³/mol. The van der Waals surface area contributed by atoms with E-state index in [-0.39, 0.29) is 18.1 Å². The van der Waals surface area contributed by atoms with Crippen LogP contribution in [0.25, 0.3) is 11.1 Å². The molecule has 1 aromatic heterocycles. The molecule has 1 fully saturated rings. The molecule has 1 unspecified atom stereocenters. The molecule has 0 spiro atoms. The van der Waals surface area contributed by atoms with Gasteiger partial charge >= 0.3 is 0 Å². The predicted octanol–water partition coefficient (Wildman–Crippen LogP) is 1.91. The summed E-state index contributed by atoms with van der Waals surface area (Å²) in [5, 5.41) is 9.39. The van der Waals surface area contributed by atoms with Crippen LogP contribution < -0.4 is 5.73 Å². The van der Waals surface area contributed by atoms with Crippen molar-refractivity contribution < 1.29 is 9.52 Å². The van der Waals surface area contributed by atoms with Crippen molar-refractivity contribution in [2.75, 3.05) is 6.61 Å². The maximum Gasteiger partial charge on any atom is 0.192 e. The summed E-state index contributed by atoms with van der Waals surface area (Å²) in [5.74, 6) is 0.661. The number of rotatable bonds is 3. The van der Waals surface area contributed by atoms with Crippen LogP contribution in [-0.2, 0) is 0 Å². The molecule has 1 aliphatic rings. The van der Waals surface area contributed by atoms with Crippen molar-refractivity contribution in [2.45, 2.75) is 25.8 Å². The summed E-state index contributed by atoms with van der Waals surface area (Å²) in [7, 11) is 0. The largest absolute Gasteiger partial charge is 0.441 e. The van der Waals surface area contributed by atoms with Gasteiger partial charge in [0.1, 0.15) is 5.52 Å². The quantitative estimate of drug-likeness (QED) is 0.847. The van der Waals surface area contributed by atoms with Gasteiger partial charge in [-0.05, 0) is 30.5 Å². The average molecular weight is 232 g/mol. The maximum absolute atomic E-state index is 9.39. The zero-order chi connectivity index (χ0) is 12.0. The Morgan fingerprint density at radius 3 is 2.94 bits per heavy atom. The number of aliphatic hydroxyl groups is 1.